The van der Waals surface area contributed by atoms with Crippen molar-refractivity contribution in [1.29, 1.82) is 0 Å². The van der Waals surface area contributed by atoms with Gasteiger partial charge in [0.1, 0.15) is 17.6 Å². The van der Waals surface area contributed by atoms with Crippen LogP contribution < -0.4 is 5.32 Å². The molecule has 0 unspecified atom stereocenters. The number of nitrogens with one attached hydrogen (secondary N) is 1. The molecule has 0 aliphatic carbocycles. The number of morpholine rings is 1. The summed E-state index contributed by atoms with van der Waals surface area (Å²) in [7, 11) is 0. The number of hydrogen-bond acceptors (Lipinski definition) is 7. The number of aromatic hydroxyl groups is 1. The predicted octanol–water partition coefficient (Wildman–Crippen LogP) is 4.56. The monoisotopic (exact) mass is 582 g/mol. The molecular formula is C32H27FN4O4S. The molecule has 1 fully saturated rings. The molecule has 42 heavy (non-hydrogen) atoms. The highest BCUT2D eigenvalue weighted by Crippen LogP contribution is 2.36. The molecule has 3 heterocycles. The summed E-state index contributed by atoms with van der Waals surface area (Å²) < 4.78 is 19.6. The third-order valence-electron chi connectivity index (χ3n) is 7.26. The lowest BCUT2D eigenvalue weighted by molar-refractivity contribution is -0.120. The zero-order valence-corrected chi connectivity index (χ0v) is 23.4. The van der Waals surface area contributed by atoms with E-state index in [-0.39, 0.29) is 17.9 Å². The number of nitrogens with zero attached hydrogens (tertiary/aromatic N) is 3. The smallest absolute Gasteiger partial charge is 0.255 e. The number of amides is 2. The van der Waals surface area contributed by atoms with Crippen LogP contribution in [0.5, 0.6) is 5.75 Å². The van der Waals surface area contributed by atoms with Crippen molar-refractivity contribution >= 4 is 28.3 Å². The van der Waals surface area contributed by atoms with Gasteiger partial charge in [0.15, 0.2) is 5.13 Å². The average Bonchev–Trinajstić information content (AvgIpc) is 3.63. The SMILES string of the molecule is O=C(Nc1nccs1)[C@@H](c1cc(F)ccc1O)N1Cc2ccc(C#Cc3ccc(CN4CCOCC4)cc3)cc2C1=O. The highest BCUT2D eigenvalue weighted by molar-refractivity contribution is 7.13. The Bertz CT molecular complexity index is 1680. The van der Waals surface area contributed by atoms with Crippen molar-refractivity contribution in [3.8, 4) is 17.6 Å². The summed E-state index contributed by atoms with van der Waals surface area (Å²) in [6.45, 7) is 4.36. The minimum absolute atomic E-state index is 0.0118. The number of anilines is 1. The van der Waals surface area contributed by atoms with Gasteiger partial charge in [0.2, 0.25) is 0 Å². The van der Waals surface area contributed by atoms with Crippen molar-refractivity contribution in [1.82, 2.24) is 14.8 Å². The van der Waals surface area contributed by atoms with Crippen LogP contribution in [0.25, 0.3) is 0 Å². The summed E-state index contributed by atoms with van der Waals surface area (Å²) in [6.07, 6.45) is 1.54. The van der Waals surface area contributed by atoms with Crippen LogP contribution in [-0.4, -0.2) is 58.0 Å². The lowest BCUT2D eigenvalue weighted by Crippen LogP contribution is -2.37. The number of halogens is 1. The van der Waals surface area contributed by atoms with Gasteiger partial charge in [-0.3, -0.25) is 19.8 Å². The predicted molar refractivity (Wildman–Crippen MR) is 156 cm³/mol. The number of phenols is 1. The molecule has 2 aliphatic rings. The molecule has 212 valence electrons. The number of hydrogen-bond donors (Lipinski definition) is 2. The lowest BCUT2D eigenvalue weighted by Gasteiger charge is -2.27. The first kappa shape index (κ1) is 27.6. The second-order valence-corrected chi connectivity index (χ2v) is 11.0. The van der Waals surface area contributed by atoms with Gasteiger partial charge in [-0.2, -0.15) is 0 Å². The van der Waals surface area contributed by atoms with Gasteiger partial charge in [-0.05, 0) is 53.6 Å². The van der Waals surface area contributed by atoms with E-state index in [0.717, 1.165) is 50.5 Å². The molecule has 2 N–H and O–H groups in total. The van der Waals surface area contributed by atoms with E-state index in [1.807, 2.05) is 24.3 Å². The zero-order valence-electron chi connectivity index (χ0n) is 22.5. The van der Waals surface area contributed by atoms with Gasteiger partial charge in [-0.15, -0.1) is 11.3 Å². The lowest BCUT2D eigenvalue weighted by atomic mass is 10.0. The largest absolute Gasteiger partial charge is 0.508 e. The van der Waals surface area contributed by atoms with Crippen molar-refractivity contribution in [2.24, 2.45) is 0 Å². The molecule has 0 radical (unpaired) electrons. The maximum absolute atomic E-state index is 14.2. The quantitative estimate of drug-likeness (QED) is 0.324. The molecule has 0 saturated carbocycles. The Labute approximate surface area is 246 Å². The first-order valence-electron chi connectivity index (χ1n) is 13.5. The fourth-order valence-corrected chi connectivity index (χ4v) is 5.65. The van der Waals surface area contributed by atoms with Crippen LogP contribution in [0.4, 0.5) is 9.52 Å². The molecular weight excluding hydrogens is 555 g/mol. The van der Waals surface area contributed by atoms with Crippen LogP contribution in [0.3, 0.4) is 0 Å². The van der Waals surface area contributed by atoms with E-state index < -0.39 is 23.7 Å². The van der Waals surface area contributed by atoms with E-state index in [2.05, 4.69) is 39.2 Å². The van der Waals surface area contributed by atoms with Crippen LogP contribution in [-0.2, 0) is 22.6 Å². The van der Waals surface area contributed by atoms with Crippen molar-refractivity contribution in [2.45, 2.75) is 19.1 Å². The molecule has 1 aromatic heterocycles. The Balaban J connectivity index is 1.22. The number of benzene rings is 3. The molecule has 0 bridgehead atoms. The van der Waals surface area contributed by atoms with E-state index >= 15 is 0 Å². The molecule has 3 aromatic carbocycles. The third kappa shape index (κ3) is 6.04. The highest BCUT2D eigenvalue weighted by atomic mass is 32.1. The Morgan fingerprint density at radius 3 is 2.60 bits per heavy atom. The van der Waals surface area contributed by atoms with Crippen LogP contribution in [0.1, 0.15) is 44.2 Å². The number of carbonyl (C=O) groups is 2. The molecule has 1 saturated heterocycles. The second kappa shape index (κ2) is 12.1. The first-order valence-corrected chi connectivity index (χ1v) is 14.4. The Morgan fingerprint density at radius 2 is 1.83 bits per heavy atom. The van der Waals surface area contributed by atoms with Gasteiger partial charge in [-0.1, -0.05) is 30.0 Å². The summed E-state index contributed by atoms with van der Waals surface area (Å²) in [6, 6.07) is 15.5. The van der Waals surface area contributed by atoms with Gasteiger partial charge in [0.05, 0.1) is 13.2 Å². The van der Waals surface area contributed by atoms with E-state index in [9.17, 15) is 19.1 Å². The van der Waals surface area contributed by atoms with E-state index in [4.69, 9.17) is 4.74 Å². The standard InChI is InChI=1S/C32H27FN4O4S/c33-25-9-10-28(38)27(18-25)29(30(39)35-32-34-11-16-42-32)37-20-24-8-7-22(17-26(24)31(37)40)4-1-21-2-5-23(6-3-21)19-36-12-14-41-15-13-36/h2-3,5-11,16-18,29,38H,12-15,19-20H2,(H,34,35,39)/t29-/m1/s1. The first-order chi connectivity index (χ1) is 20.4. The highest BCUT2D eigenvalue weighted by Gasteiger charge is 2.39. The summed E-state index contributed by atoms with van der Waals surface area (Å²) in [4.78, 5) is 34.8. The Kier molecular flexibility index (Phi) is 7.97. The summed E-state index contributed by atoms with van der Waals surface area (Å²) in [5.41, 5.74) is 3.82. The normalized spacial score (nSPS) is 15.5. The maximum Gasteiger partial charge on any atom is 0.255 e. The van der Waals surface area contributed by atoms with Gasteiger partial charge < -0.3 is 14.7 Å². The number of ether oxygens (including phenoxy) is 1. The molecule has 0 spiro atoms. The Morgan fingerprint density at radius 1 is 1.07 bits per heavy atom. The van der Waals surface area contributed by atoms with Crippen molar-refractivity contribution in [3.05, 3.63) is 111 Å². The number of aromatic nitrogens is 1. The van der Waals surface area contributed by atoms with Gasteiger partial charge in [-0.25, -0.2) is 9.37 Å². The minimum Gasteiger partial charge on any atom is -0.508 e. The molecule has 2 amide bonds. The molecule has 10 heteroatoms. The van der Waals surface area contributed by atoms with Crippen LogP contribution in [0, 0.1) is 17.7 Å². The van der Waals surface area contributed by atoms with Crippen LogP contribution >= 0.6 is 11.3 Å². The van der Waals surface area contributed by atoms with Gasteiger partial charge in [0, 0.05) is 60.0 Å². The van der Waals surface area contributed by atoms with E-state index in [1.165, 1.54) is 34.1 Å². The summed E-state index contributed by atoms with van der Waals surface area (Å²) >= 11 is 1.21. The zero-order chi connectivity index (χ0) is 29.1. The molecule has 6 rings (SSSR count). The Hall–Kier alpha value is -4.56. The van der Waals surface area contributed by atoms with Crippen molar-refractivity contribution in [2.75, 3.05) is 31.6 Å². The van der Waals surface area contributed by atoms with Crippen molar-refractivity contribution in [3.63, 3.8) is 0 Å². The molecule has 2 aliphatic heterocycles. The number of fused-ring (bicyclic) bond motifs is 1. The molecule has 1 atom stereocenters. The molecule has 8 nitrogen and oxygen atoms in total. The summed E-state index contributed by atoms with van der Waals surface area (Å²) in [5.74, 6) is 4.35. The number of phenolic OH excluding ortho intramolecular Hbond substituents is 1. The van der Waals surface area contributed by atoms with E-state index in [0.29, 0.717) is 21.8 Å². The van der Waals surface area contributed by atoms with Crippen molar-refractivity contribution < 1.29 is 23.8 Å². The van der Waals surface area contributed by atoms with Crippen LogP contribution in [0.15, 0.2) is 72.2 Å². The second-order valence-electron chi connectivity index (χ2n) is 10.1. The topological polar surface area (TPSA) is 95.0 Å². The average molecular weight is 583 g/mol. The minimum atomic E-state index is -1.28. The number of thiazole rings is 1. The third-order valence-corrected chi connectivity index (χ3v) is 7.95. The van der Waals surface area contributed by atoms with Crippen LogP contribution in [0.2, 0.25) is 0 Å². The number of carbonyl (C=O) groups excluding carboxylic acids is 2. The maximum atomic E-state index is 14.2. The molecule has 4 aromatic rings. The van der Waals surface area contributed by atoms with Gasteiger partial charge in [0.25, 0.3) is 11.8 Å². The fraction of sp³-hybridized carbons (Fsp3) is 0.219. The van der Waals surface area contributed by atoms with Gasteiger partial charge >= 0.3 is 0 Å². The summed E-state index contributed by atoms with van der Waals surface area (Å²) in [5, 5.41) is 15.2. The van der Waals surface area contributed by atoms with E-state index in [1.54, 1.807) is 11.4 Å². The fourth-order valence-electron chi connectivity index (χ4n) is 5.12. The number of rotatable bonds is 6.